The summed E-state index contributed by atoms with van der Waals surface area (Å²) in [4.78, 5) is 11.1. The standard InChI is InChI=1S/C14H14ClNO4S/c1-16-21(18,19)14-8-11(9-17)10(7-13(14)15)4-5-12-3-2-6-20-12/h2-3,6-9,16H,4-5H2,1H3. The molecule has 0 aliphatic carbocycles. The molecule has 0 amide bonds. The SMILES string of the molecule is CNS(=O)(=O)c1cc(C=O)c(CCc2ccco2)cc1Cl. The summed E-state index contributed by atoms with van der Waals surface area (Å²) >= 11 is 6.02. The van der Waals surface area contributed by atoms with Gasteiger partial charge in [0.25, 0.3) is 0 Å². The van der Waals surface area contributed by atoms with Crippen LogP contribution in [0.3, 0.4) is 0 Å². The summed E-state index contributed by atoms with van der Waals surface area (Å²) in [5.41, 5.74) is 0.987. The van der Waals surface area contributed by atoms with Crippen LogP contribution in [0.2, 0.25) is 5.02 Å². The fourth-order valence-electron chi connectivity index (χ4n) is 1.97. The van der Waals surface area contributed by atoms with Gasteiger partial charge in [0.15, 0.2) is 0 Å². The highest BCUT2D eigenvalue weighted by Gasteiger charge is 2.18. The van der Waals surface area contributed by atoms with Crippen molar-refractivity contribution in [3.8, 4) is 0 Å². The van der Waals surface area contributed by atoms with E-state index in [2.05, 4.69) is 4.72 Å². The number of carbonyl (C=O) groups is 1. The molecule has 0 aliphatic rings. The largest absolute Gasteiger partial charge is 0.469 e. The van der Waals surface area contributed by atoms with Crippen molar-refractivity contribution in [2.75, 3.05) is 7.05 Å². The molecule has 112 valence electrons. The van der Waals surface area contributed by atoms with E-state index in [1.165, 1.54) is 19.2 Å². The van der Waals surface area contributed by atoms with Crippen LogP contribution in [0.15, 0.2) is 39.8 Å². The van der Waals surface area contributed by atoms with E-state index in [-0.39, 0.29) is 9.92 Å². The van der Waals surface area contributed by atoms with Gasteiger partial charge in [-0.2, -0.15) is 0 Å². The summed E-state index contributed by atoms with van der Waals surface area (Å²) in [5, 5.41) is 0.0874. The second-order valence-electron chi connectivity index (χ2n) is 4.39. The van der Waals surface area contributed by atoms with Crippen LogP contribution < -0.4 is 4.72 Å². The average molecular weight is 328 g/mol. The van der Waals surface area contributed by atoms with Gasteiger partial charge < -0.3 is 4.42 Å². The first-order chi connectivity index (χ1) is 9.97. The van der Waals surface area contributed by atoms with E-state index in [4.69, 9.17) is 16.0 Å². The Bertz CT molecular complexity index is 739. The predicted molar refractivity (Wildman–Crippen MR) is 79.2 cm³/mol. The van der Waals surface area contributed by atoms with E-state index in [0.717, 1.165) is 5.76 Å². The highest BCUT2D eigenvalue weighted by atomic mass is 35.5. The maximum Gasteiger partial charge on any atom is 0.241 e. The fraction of sp³-hybridized carbons (Fsp3) is 0.214. The molecule has 2 aromatic rings. The average Bonchev–Trinajstić information content (AvgIpc) is 2.98. The van der Waals surface area contributed by atoms with Crippen LogP contribution in [-0.2, 0) is 22.9 Å². The second-order valence-corrected chi connectivity index (χ2v) is 6.65. The molecule has 1 aromatic heterocycles. The van der Waals surface area contributed by atoms with E-state index in [1.54, 1.807) is 12.3 Å². The van der Waals surface area contributed by atoms with Crippen LogP contribution in [-0.4, -0.2) is 21.8 Å². The van der Waals surface area contributed by atoms with Gasteiger partial charge in [0.1, 0.15) is 16.9 Å². The summed E-state index contributed by atoms with van der Waals surface area (Å²) in [6.07, 6.45) is 3.33. The number of hydrogen-bond donors (Lipinski definition) is 1. The number of furan rings is 1. The van der Waals surface area contributed by atoms with Crippen LogP contribution in [0.5, 0.6) is 0 Å². The number of aldehydes is 1. The third kappa shape index (κ3) is 3.53. The third-order valence-electron chi connectivity index (χ3n) is 3.10. The second kappa shape index (κ2) is 6.43. The molecule has 1 N–H and O–H groups in total. The first kappa shape index (κ1) is 15.8. The summed E-state index contributed by atoms with van der Waals surface area (Å²) in [7, 11) is -2.41. The lowest BCUT2D eigenvalue weighted by molar-refractivity contribution is 0.112. The molecule has 0 fully saturated rings. The smallest absolute Gasteiger partial charge is 0.241 e. The van der Waals surface area contributed by atoms with Crippen LogP contribution in [0, 0.1) is 0 Å². The van der Waals surface area contributed by atoms with Crippen LogP contribution in [0.25, 0.3) is 0 Å². The lowest BCUT2D eigenvalue weighted by Gasteiger charge is -2.10. The summed E-state index contributed by atoms with van der Waals surface area (Å²) in [6.45, 7) is 0. The van der Waals surface area contributed by atoms with Gasteiger partial charge >= 0.3 is 0 Å². The molecule has 21 heavy (non-hydrogen) atoms. The van der Waals surface area contributed by atoms with Gasteiger partial charge in [-0.25, -0.2) is 13.1 Å². The zero-order chi connectivity index (χ0) is 15.5. The molecule has 0 spiro atoms. The van der Waals surface area contributed by atoms with Crippen LogP contribution in [0.1, 0.15) is 21.7 Å². The van der Waals surface area contributed by atoms with E-state index >= 15 is 0 Å². The van der Waals surface area contributed by atoms with Gasteiger partial charge in [-0.1, -0.05) is 11.6 Å². The minimum absolute atomic E-state index is 0.0874. The highest BCUT2D eigenvalue weighted by Crippen LogP contribution is 2.26. The molecule has 0 aliphatic heterocycles. The van der Waals surface area contributed by atoms with Gasteiger partial charge in [-0.3, -0.25) is 4.79 Å². The van der Waals surface area contributed by atoms with Crippen LogP contribution in [0.4, 0.5) is 0 Å². The minimum Gasteiger partial charge on any atom is -0.469 e. The number of halogens is 1. The molecule has 0 saturated carbocycles. The van der Waals surface area contributed by atoms with Gasteiger partial charge in [-0.05, 0) is 43.3 Å². The monoisotopic (exact) mass is 327 g/mol. The summed E-state index contributed by atoms with van der Waals surface area (Å²) in [6, 6.07) is 6.42. The fourth-order valence-corrected chi connectivity index (χ4v) is 3.27. The number of sulfonamides is 1. The Morgan fingerprint density at radius 1 is 1.33 bits per heavy atom. The number of rotatable bonds is 6. The molecular formula is C14H14ClNO4S. The minimum atomic E-state index is -3.70. The molecule has 7 heteroatoms. The maximum absolute atomic E-state index is 11.8. The molecule has 0 radical (unpaired) electrons. The molecule has 1 aromatic carbocycles. The zero-order valence-corrected chi connectivity index (χ0v) is 12.9. The van der Waals surface area contributed by atoms with E-state index < -0.39 is 10.0 Å². The number of benzene rings is 1. The maximum atomic E-state index is 11.8. The number of nitrogens with one attached hydrogen (secondary N) is 1. The predicted octanol–water partition coefficient (Wildman–Crippen LogP) is 2.44. The lowest BCUT2D eigenvalue weighted by Crippen LogP contribution is -2.19. The van der Waals surface area contributed by atoms with Gasteiger partial charge in [0.2, 0.25) is 10.0 Å². The Labute approximate surface area is 128 Å². The van der Waals surface area contributed by atoms with Crippen molar-refractivity contribution in [3.05, 3.63) is 52.4 Å². The molecule has 0 atom stereocenters. The van der Waals surface area contributed by atoms with Crippen molar-refractivity contribution in [2.45, 2.75) is 17.7 Å². The Balaban J connectivity index is 2.35. The highest BCUT2D eigenvalue weighted by molar-refractivity contribution is 7.89. The molecule has 5 nitrogen and oxygen atoms in total. The van der Waals surface area contributed by atoms with Gasteiger partial charge in [0.05, 0.1) is 11.3 Å². The molecule has 2 rings (SSSR count). The molecule has 1 heterocycles. The quantitative estimate of drug-likeness (QED) is 0.827. The first-order valence-electron chi connectivity index (χ1n) is 6.21. The Hall–Kier alpha value is -1.63. The lowest BCUT2D eigenvalue weighted by atomic mass is 10.0. The first-order valence-corrected chi connectivity index (χ1v) is 8.07. The Kier molecular flexibility index (Phi) is 4.82. The number of carbonyl (C=O) groups excluding carboxylic acids is 1. The van der Waals surface area contributed by atoms with Crippen LogP contribution >= 0.6 is 11.6 Å². The summed E-state index contributed by atoms with van der Waals surface area (Å²) in [5.74, 6) is 0.787. The molecule has 0 bridgehead atoms. The van der Waals surface area contributed by atoms with Crippen molar-refractivity contribution in [1.29, 1.82) is 0 Å². The third-order valence-corrected chi connectivity index (χ3v) is 4.98. The zero-order valence-electron chi connectivity index (χ0n) is 11.3. The van der Waals surface area contributed by atoms with Crippen molar-refractivity contribution in [2.24, 2.45) is 0 Å². The normalized spacial score (nSPS) is 11.5. The Morgan fingerprint density at radius 2 is 2.10 bits per heavy atom. The number of aryl methyl sites for hydroxylation is 2. The van der Waals surface area contributed by atoms with Crippen molar-refractivity contribution in [1.82, 2.24) is 4.72 Å². The molecular weight excluding hydrogens is 314 g/mol. The molecule has 0 saturated heterocycles. The van der Waals surface area contributed by atoms with E-state index in [0.29, 0.717) is 30.3 Å². The van der Waals surface area contributed by atoms with Crippen molar-refractivity contribution < 1.29 is 17.6 Å². The van der Waals surface area contributed by atoms with Gasteiger partial charge in [-0.15, -0.1) is 0 Å². The summed E-state index contributed by atoms with van der Waals surface area (Å²) < 4.78 is 31.0. The van der Waals surface area contributed by atoms with Crippen molar-refractivity contribution in [3.63, 3.8) is 0 Å². The Morgan fingerprint density at radius 3 is 2.67 bits per heavy atom. The van der Waals surface area contributed by atoms with Crippen molar-refractivity contribution >= 4 is 27.9 Å². The van der Waals surface area contributed by atoms with Gasteiger partial charge in [0, 0.05) is 12.0 Å². The van der Waals surface area contributed by atoms with E-state index in [9.17, 15) is 13.2 Å². The van der Waals surface area contributed by atoms with E-state index in [1.807, 2.05) is 6.07 Å². The topological polar surface area (TPSA) is 76.4 Å². The number of hydrogen-bond acceptors (Lipinski definition) is 4. The molecule has 0 unspecified atom stereocenters.